The van der Waals surface area contributed by atoms with E-state index in [4.69, 9.17) is 14.6 Å². The Morgan fingerprint density at radius 2 is 2.26 bits per heavy atom. The summed E-state index contributed by atoms with van der Waals surface area (Å²) in [5.41, 5.74) is 2.40. The molecule has 0 heterocycles. The van der Waals surface area contributed by atoms with Crippen molar-refractivity contribution in [3.8, 4) is 5.75 Å². The third-order valence-electron chi connectivity index (χ3n) is 3.50. The number of methoxy groups -OCH3 is 1. The fourth-order valence-corrected chi connectivity index (χ4v) is 2.59. The molecule has 0 bridgehead atoms. The molecule has 2 rings (SSSR count). The van der Waals surface area contributed by atoms with Crippen molar-refractivity contribution >= 4 is 5.97 Å². The molecule has 1 aromatic carbocycles. The molecule has 0 amide bonds. The molecule has 1 aliphatic rings. The van der Waals surface area contributed by atoms with E-state index in [2.05, 4.69) is 0 Å². The summed E-state index contributed by atoms with van der Waals surface area (Å²) in [6.07, 6.45) is 2.97. The van der Waals surface area contributed by atoms with Crippen LogP contribution in [0.3, 0.4) is 0 Å². The molecule has 4 nitrogen and oxygen atoms in total. The third-order valence-corrected chi connectivity index (χ3v) is 3.50. The fraction of sp³-hybridized carbons (Fsp3) is 0.533. The predicted molar refractivity (Wildman–Crippen MR) is 71.7 cm³/mol. The summed E-state index contributed by atoms with van der Waals surface area (Å²) >= 11 is 0. The van der Waals surface area contributed by atoms with Crippen LogP contribution in [0.4, 0.5) is 0 Å². The zero-order valence-electron chi connectivity index (χ0n) is 11.2. The van der Waals surface area contributed by atoms with Gasteiger partial charge in [-0.15, -0.1) is 0 Å². The van der Waals surface area contributed by atoms with Crippen LogP contribution in [0.5, 0.6) is 5.75 Å². The van der Waals surface area contributed by atoms with Crippen molar-refractivity contribution in [2.75, 3.05) is 20.3 Å². The number of ether oxygens (including phenoxy) is 2. The molecule has 19 heavy (non-hydrogen) atoms. The Labute approximate surface area is 113 Å². The summed E-state index contributed by atoms with van der Waals surface area (Å²) in [5, 5.41) is 8.88. The van der Waals surface area contributed by atoms with Gasteiger partial charge in [-0.25, -0.2) is 0 Å². The number of carbonyl (C=O) groups is 1. The minimum Gasteiger partial charge on any atom is -0.493 e. The van der Waals surface area contributed by atoms with Crippen molar-refractivity contribution in [3.63, 3.8) is 0 Å². The number of hydrogen-bond donors (Lipinski definition) is 1. The second kappa shape index (κ2) is 6.57. The Balaban J connectivity index is 1.95. The van der Waals surface area contributed by atoms with Crippen LogP contribution < -0.4 is 4.74 Å². The average molecular weight is 264 g/mol. The van der Waals surface area contributed by atoms with E-state index in [-0.39, 0.29) is 12.3 Å². The van der Waals surface area contributed by atoms with Crippen LogP contribution in [0.25, 0.3) is 0 Å². The molecule has 1 atom stereocenters. The van der Waals surface area contributed by atoms with Crippen molar-refractivity contribution in [1.29, 1.82) is 0 Å². The molecular formula is C15H20O4. The number of aryl methyl sites for hydroxylation is 1. The molecule has 1 aromatic rings. The Hall–Kier alpha value is -1.55. The van der Waals surface area contributed by atoms with Gasteiger partial charge in [0.25, 0.3) is 0 Å². The lowest BCUT2D eigenvalue weighted by molar-refractivity contribution is -0.137. The topological polar surface area (TPSA) is 55.8 Å². The van der Waals surface area contributed by atoms with Crippen LogP contribution in [-0.4, -0.2) is 31.4 Å². The van der Waals surface area contributed by atoms with Gasteiger partial charge in [0.1, 0.15) is 5.75 Å². The smallest absolute Gasteiger partial charge is 0.303 e. The summed E-state index contributed by atoms with van der Waals surface area (Å²) in [6.45, 7) is 1.34. The highest BCUT2D eigenvalue weighted by Crippen LogP contribution is 2.37. The van der Waals surface area contributed by atoms with E-state index in [0.717, 1.165) is 25.0 Å². The monoisotopic (exact) mass is 264 g/mol. The van der Waals surface area contributed by atoms with E-state index in [1.54, 1.807) is 7.11 Å². The van der Waals surface area contributed by atoms with Gasteiger partial charge in [-0.3, -0.25) is 4.79 Å². The summed E-state index contributed by atoms with van der Waals surface area (Å²) in [4.78, 5) is 10.8. The van der Waals surface area contributed by atoms with Gasteiger partial charge >= 0.3 is 5.97 Å². The number of carboxylic acids is 1. The molecule has 104 valence electrons. The first kappa shape index (κ1) is 13.9. The van der Waals surface area contributed by atoms with Crippen LogP contribution >= 0.6 is 0 Å². The lowest BCUT2D eigenvalue weighted by atomic mass is 9.98. The zero-order valence-corrected chi connectivity index (χ0v) is 11.2. The first-order valence-corrected chi connectivity index (χ1v) is 6.67. The Bertz CT molecular complexity index is 442. The first-order chi connectivity index (χ1) is 9.20. The van der Waals surface area contributed by atoms with E-state index < -0.39 is 5.97 Å². The maximum atomic E-state index is 10.8. The molecule has 0 saturated carbocycles. The standard InChI is InChI=1S/C15H20O4/c1-18-7-2-8-19-13-5-6-14-11(9-13)3-4-12(14)10-15(16)17/h5-6,9,12H,2-4,7-8,10H2,1H3,(H,16,17). The molecule has 0 spiro atoms. The Morgan fingerprint density at radius 1 is 1.42 bits per heavy atom. The number of carboxylic acid groups (broad SMARTS) is 1. The van der Waals surface area contributed by atoms with Gasteiger partial charge in [0.2, 0.25) is 0 Å². The van der Waals surface area contributed by atoms with Gasteiger partial charge in [-0.05, 0) is 42.0 Å². The molecule has 0 saturated heterocycles. The fourth-order valence-electron chi connectivity index (χ4n) is 2.59. The van der Waals surface area contributed by atoms with Gasteiger partial charge in [-0.2, -0.15) is 0 Å². The maximum Gasteiger partial charge on any atom is 0.303 e. The van der Waals surface area contributed by atoms with Crippen LogP contribution in [0.15, 0.2) is 18.2 Å². The van der Waals surface area contributed by atoms with E-state index >= 15 is 0 Å². The second-order valence-corrected chi connectivity index (χ2v) is 4.89. The highest BCUT2D eigenvalue weighted by atomic mass is 16.5. The minimum absolute atomic E-state index is 0.162. The van der Waals surface area contributed by atoms with Crippen LogP contribution in [0, 0.1) is 0 Å². The number of benzene rings is 1. The number of aliphatic carboxylic acids is 1. The summed E-state index contributed by atoms with van der Waals surface area (Å²) in [5.74, 6) is 0.304. The normalized spacial score (nSPS) is 17.2. The third kappa shape index (κ3) is 3.70. The van der Waals surface area contributed by atoms with Gasteiger partial charge in [0.05, 0.1) is 13.0 Å². The zero-order chi connectivity index (χ0) is 13.7. The average Bonchev–Trinajstić information content (AvgIpc) is 2.77. The van der Waals surface area contributed by atoms with Crippen molar-refractivity contribution < 1.29 is 19.4 Å². The Kier molecular flexibility index (Phi) is 4.80. The number of hydrogen-bond acceptors (Lipinski definition) is 3. The van der Waals surface area contributed by atoms with Crippen molar-refractivity contribution in [2.45, 2.75) is 31.6 Å². The van der Waals surface area contributed by atoms with Crippen molar-refractivity contribution in [1.82, 2.24) is 0 Å². The summed E-state index contributed by atoms with van der Waals surface area (Å²) in [6, 6.07) is 6.00. The van der Waals surface area contributed by atoms with Gasteiger partial charge in [0, 0.05) is 20.1 Å². The van der Waals surface area contributed by atoms with Gasteiger partial charge in [-0.1, -0.05) is 6.07 Å². The molecular weight excluding hydrogens is 244 g/mol. The molecule has 1 N–H and O–H groups in total. The lowest BCUT2D eigenvalue weighted by Gasteiger charge is -2.10. The van der Waals surface area contributed by atoms with Gasteiger partial charge < -0.3 is 14.6 Å². The molecule has 1 aliphatic carbocycles. The van der Waals surface area contributed by atoms with E-state index in [0.29, 0.717) is 13.2 Å². The summed E-state index contributed by atoms with van der Waals surface area (Å²) in [7, 11) is 1.68. The van der Waals surface area contributed by atoms with Crippen LogP contribution in [-0.2, 0) is 16.0 Å². The molecule has 0 radical (unpaired) electrons. The Morgan fingerprint density at radius 3 is 3.00 bits per heavy atom. The van der Waals surface area contributed by atoms with Crippen LogP contribution in [0.2, 0.25) is 0 Å². The minimum atomic E-state index is -0.724. The SMILES string of the molecule is COCCCOc1ccc2c(c1)CCC2CC(=O)O. The van der Waals surface area contributed by atoms with E-state index in [9.17, 15) is 4.79 Å². The second-order valence-electron chi connectivity index (χ2n) is 4.89. The predicted octanol–water partition coefficient (Wildman–Crippen LogP) is 2.61. The maximum absolute atomic E-state index is 10.8. The van der Waals surface area contributed by atoms with Crippen molar-refractivity contribution in [2.24, 2.45) is 0 Å². The molecule has 0 aromatic heterocycles. The number of fused-ring (bicyclic) bond motifs is 1. The van der Waals surface area contributed by atoms with Crippen molar-refractivity contribution in [3.05, 3.63) is 29.3 Å². The largest absolute Gasteiger partial charge is 0.493 e. The molecule has 4 heteroatoms. The van der Waals surface area contributed by atoms with Gasteiger partial charge in [0.15, 0.2) is 0 Å². The number of rotatable bonds is 7. The quantitative estimate of drug-likeness (QED) is 0.769. The van der Waals surface area contributed by atoms with Crippen LogP contribution in [0.1, 0.15) is 36.3 Å². The van der Waals surface area contributed by atoms with E-state index in [1.807, 2.05) is 18.2 Å². The lowest BCUT2D eigenvalue weighted by Crippen LogP contribution is -2.03. The molecule has 1 unspecified atom stereocenters. The molecule has 0 fully saturated rings. The first-order valence-electron chi connectivity index (χ1n) is 6.67. The highest BCUT2D eigenvalue weighted by Gasteiger charge is 2.24. The summed E-state index contributed by atoms with van der Waals surface area (Å²) < 4.78 is 10.6. The highest BCUT2D eigenvalue weighted by molar-refractivity contribution is 5.68. The molecule has 0 aliphatic heterocycles. The van der Waals surface area contributed by atoms with E-state index in [1.165, 1.54) is 11.1 Å².